The molecule has 0 saturated carbocycles. The SMILES string of the molecule is CCCCC#Cc1ccc([N+](=O)[O-])cc1C=O. The zero-order valence-electron chi connectivity index (χ0n) is 9.60. The molecule has 1 aromatic carbocycles. The lowest BCUT2D eigenvalue weighted by molar-refractivity contribution is -0.384. The predicted molar refractivity (Wildman–Crippen MR) is 64.9 cm³/mol. The summed E-state index contributed by atoms with van der Waals surface area (Å²) in [4.78, 5) is 20.8. The van der Waals surface area contributed by atoms with E-state index in [1.807, 2.05) is 0 Å². The molecule has 4 nitrogen and oxygen atoms in total. The average molecular weight is 231 g/mol. The second-order valence-corrected chi connectivity index (χ2v) is 3.55. The van der Waals surface area contributed by atoms with Gasteiger partial charge in [0.2, 0.25) is 0 Å². The molecule has 0 aliphatic heterocycles. The van der Waals surface area contributed by atoms with E-state index in [1.54, 1.807) is 0 Å². The van der Waals surface area contributed by atoms with Gasteiger partial charge in [-0.05, 0) is 12.5 Å². The van der Waals surface area contributed by atoms with Crippen molar-refractivity contribution in [3.63, 3.8) is 0 Å². The Morgan fingerprint density at radius 2 is 2.24 bits per heavy atom. The molecule has 0 heterocycles. The fourth-order valence-electron chi connectivity index (χ4n) is 1.30. The first-order chi connectivity index (χ1) is 8.19. The molecule has 0 unspecified atom stereocenters. The van der Waals surface area contributed by atoms with E-state index in [2.05, 4.69) is 18.8 Å². The van der Waals surface area contributed by atoms with Gasteiger partial charge in [-0.15, -0.1) is 0 Å². The molecule has 17 heavy (non-hydrogen) atoms. The van der Waals surface area contributed by atoms with E-state index in [9.17, 15) is 14.9 Å². The molecular formula is C13H13NO3. The van der Waals surface area contributed by atoms with E-state index in [4.69, 9.17) is 0 Å². The van der Waals surface area contributed by atoms with Gasteiger partial charge >= 0.3 is 0 Å². The van der Waals surface area contributed by atoms with Gasteiger partial charge in [0, 0.05) is 29.7 Å². The molecule has 0 aromatic heterocycles. The Bertz CT molecular complexity index is 483. The maximum absolute atomic E-state index is 10.8. The van der Waals surface area contributed by atoms with Crippen molar-refractivity contribution in [3.8, 4) is 11.8 Å². The van der Waals surface area contributed by atoms with Gasteiger partial charge in [0.15, 0.2) is 6.29 Å². The molecule has 0 atom stereocenters. The Morgan fingerprint density at radius 1 is 1.47 bits per heavy atom. The van der Waals surface area contributed by atoms with Crippen molar-refractivity contribution in [1.82, 2.24) is 0 Å². The minimum Gasteiger partial charge on any atom is -0.298 e. The minimum atomic E-state index is -0.526. The Balaban J connectivity index is 2.95. The third kappa shape index (κ3) is 3.72. The van der Waals surface area contributed by atoms with Gasteiger partial charge in [-0.3, -0.25) is 14.9 Å². The number of nitrogens with zero attached hydrogens (tertiary/aromatic N) is 1. The summed E-state index contributed by atoms with van der Waals surface area (Å²) in [6, 6.07) is 4.12. The van der Waals surface area contributed by atoms with Gasteiger partial charge in [-0.25, -0.2) is 0 Å². The van der Waals surface area contributed by atoms with Crippen LogP contribution in [0.15, 0.2) is 18.2 Å². The van der Waals surface area contributed by atoms with Crippen molar-refractivity contribution in [2.45, 2.75) is 26.2 Å². The summed E-state index contributed by atoms with van der Waals surface area (Å²) < 4.78 is 0. The number of nitro groups is 1. The summed E-state index contributed by atoms with van der Waals surface area (Å²) in [5.74, 6) is 5.81. The summed E-state index contributed by atoms with van der Waals surface area (Å²) in [5.41, 5.74) is 0.719. The lowest BCUT2D eigenvalue weighted by Gasteiger charge is -1.96. The number of nitro benzene ring substituents is 1. The van der Waals surface area contributed by atoms with Crippen molar-refractivity contribution in [2.24, 2.45) is 0 Å². The Kier molecular flexibility index (Phi) is 4.89. The smallest absolute Gasteiger partial charge is 0.270 e. The maximum Gasteiger partial charge on any atom is 0.270 e. The number of hydrogen-bond acceptors (Lipinski definition) is 3. The van der Waals surface area contributed by atoms with Gasteiger partial charge in [0.05, 0.1) is 4.92 Å². The second-order valence-electron chi connectivity index (χ2n) is 3.55. The molecule has 1 aromatic rings. The van der Waals surface area contributed by atoms with E-state index >= 15 is 0 Å². The number of carbonyl (C=O) groups is 1. The molecule has 0 bridgehead atoms. The van der Waals surface area contributed by atoms with Gasteiger partial charge in [-0.1, -0.05) is 25.2 Å². The lowest BCUT2D eigenvalue weighted by Crippen LogP contribution is -1.93. The van der Waals surface area contributed by atoms with Crippen LogP contribution in [0, 0.1) is 22.0 Å². The number of aldehydes is 1. The summed E-state index contributed by atoms with van der Waals surface area (Å²) in [7, 11) is 0. The number of hydrogen-bond donors (Lipinski definition) is 0. The Morgan fingerprint density at radius 3 is 2.82 bits per heavy atom. The van der Waals surface area contributed by atoms with Crippen molar-refractivity contribution in [1.29, 1.82) is 0 Å². The van der Waals surface area contributed by atoms with Crippen LogP contribution in [0.5, 0.6) is 0 Å². The minimum absolute atomic E-state index is 0.0915. The monoisotopic (exact) mass is 231 g/mol. The Hall–Kier alpha value is -2.15. The molecule has 0 fully saturated rings. The van der Waals surface area contributed by atoms with E-state index in [-0.39, 0.29) is 11.3 Å². The van der Waals surface area contributed by atoms with Crippen molar-refractivity contribution in [2.75, 3.05) is 0 Å². The third-order valence-corrected chi connectivity index (χ3v) is 2.25. The van der Waals surface area contributed by atoms with Gasteiger partial charge in [0.1, 0.15) is 0 Å². The van der Waals surface area contributed by atoms with Gasteiger partial charge in [0.25, 0.3) is 5.69 Å². The number of carbonyl (C=O) groups excluding carboxylic acids is 1. The summed E-state index contributed by atoms with van der Waals surface area (Å²) in [6.45, 7) is 2.07. The topological polar surface area (TPSA) is 60.2 Å². The van der Waals surface area contributed by atoms with Crippen molar-refractivity contribution in [3.05, 3.63) is 39.4 Å². The zero-order valence-corrected chi connectivity index (χ0v) is 9.60. The molecule has 1 rings (SSSR count). The quantitative estimate of drug-likeness (QED) is 0.263. The highest BCUT2D eigenvalue weighted by atomic mass is 16.6. The van der Waals surface area contributed by atoms with Crippen LogP contribution < -0.4 is 0 Å². The Labute approximate surface area is 99.8 Å². The molecule has 0 radical (unpaired) electrons. The first-order valence-corrected chi connectivity index (χ1v) is 5.41. The number of non-ortho nitro benzene ring substituents is 1. The van der Waals surface area contributed by atoms with Crippen LogP contribution in [0.3, 0.4) is 0 Å². The third-order valence-electron chi connectivity index (χ3n) is 2.25. The highest BCUT2D eigenvalue weighted by Crippen LogP contribution is 2.15. The largest absolute Gasteiger partial charge is 0.298 e. The summed E-state index contributed by atoms with van der Waals surface area (Å²) in [5, 5.41) is 10.5. The molecule has 0 aliphatic rings. The molecule has 0 N–H and O–H groups in total. The van der Waals surface area contributed by atoms with Crippen molar-refractivity contribution >= 4 is 12.0 Å². The van der Waals surface area contributed by atoms with Gasteiger partial charge < -0.3 is 0 Å². The first-order valence-electron chi connectivity index (χ1n) is 5.41. The van der Waals surface area contributed by atoms with Crippen LogP contribution in [0.25, 0.3) is 0 Å². The van der Waals surface area contributed by atoms with E-state index < -0.39 is 4.92 Å². The molecule has 4 heteroatoms. The fraction of sp³-hybridized carbons (Fsp3) is 0.308. The van der Waals surface area contributed by atoms with E-state index in [1.165, 1.54) is 18.2 Å². The zero-order chi connectivity index (χ0) is 12.7. The molecule has 0 saturated heterocycles. The summed E-state index contributed by atoms with van der Waals surface area (Å²) in [6.07, 6.45) is 3.44. The van der Waals surface area contributed by atoms with Crippen LogP contribution in [-0.4, -0.2) is 11.2 Å². The second kappa shape index (κ2) is 6.44. The number of unbranched alkanes of at least 4 members (excludes halogenated alkanes) is 2. The van der Waals surface area contributed by atoms with Crippen LogP contribution in [0.1, 0.15) is 42.1 Å². The predicted octanol–water partition coefficient (Wildman–Crippen LogP) is 2.95. The number of benzene rings is 1. The molecule has 0 amide bonds. The molecular weight excluding hydrogens is 218 g/mol. The van der Waals surface area contributed by atoms with Crippen LogP contribution in [0.4, 0.5) is 5.69 Å². The average Bonchev–Trinajstić information content (AvgIpc) is 2.34. The van der Waals surface area contributed by atoms with Crippen LogP contribution in [-0.2, 0) is 0 Å². The lowest BCUT2D eigenvalue weighted by atomic mass is 10.1. The maximum atomic E-state index is 10.8. The van der Waals surface area contributed by atoms with Gasteiger partial charge in [-0.2, -0.15) is 0 Å². The van der Waals surface area contributed by atoms with E-state index in [0.29, 0.717) is 11.8 Å². The van der Waals surface area contributed by atoms with Crippen LogP contribution in [0.2, 0.25) is 0 Å². The molecule has 0 spiro atoms. The standard InChI is InChI=1S/C13H13NO3/c1-2-3-4-5-6-11-7-8-13(14(16)17)9-12(11)10-15/h7-10H,2-4H2,1H3. The van der Waals surface area contributed by atoms with Crippen LogP contribution >= 0.6 is 0 Å². The van der Waals surface area contributed by atoms with Crippen molar-refractivity contribution < 1.29 is 9.72 Å². The molecule has 0 aliphatic carbocycles. The molecule has 88 valence electrons. The summed E-state index contributed by atoms with van der Waals surface area (Å²) >= 11 is 0. The highest BCUT2D eigenvalue weighted by Gasteiger charge is 2.08. The van der Waals surface area contributed by atoms with E-state index in [0.717, 1.165) is 19.3 Å². The highest BCUT2D eigenvalue weighted by molar-refractivity contribution is 5.80. The normalized spacial score (nSPS) is 9.24. The number of rotatable bonds is 4. The first kappa shape index (κ1) is 12.9. The fourth-order valence-corrected chi connectivity index (χ4v) is 1.30.